The molecule has 102 valence electrons. The molecule has 1 aromatic carbocycles. The second-order valence-corrected chi connectivity index (χ2v) is 5.51. The zero-order valence-corrected chi connectivity index (χ0v) is 11.7. The van der Waals surface area contributed by atoms with Crippen LogP contribution in [0.4, 0.5) is 0 Å². The summed E-state index contributed by atoms with van der Waals surface area (Å²) in [5, 5.41) is 19.1. The Labute approximate surface area is 118 Å². The van der Waals surface area contributed by atoms with Crippen LogP contribution in [0.3, 0.4) is 0 Å². The number of hydrogen-bond donors (Lipinski definition) is 3. The van der Waals surface area contributed by atoms with Crippen molar-refractivity contribution in [2.45, 2.75) is 17.5 Å². The van der Waals surface area contributed by atoms with Gasteiger partial charge >= 0.3 is 0 Å². The highest BCUT2D eigenvalue weighted by molar-refractivity contribution is 9.09. The van der Waals surface area contributed by atoms with Gasteiger partial charge in [0.05, 0.1) is 12.1 Å². The van der Waals surface area contributed by atoms with Gasteiger partial charge in [-0.2, -0.15) is 0 Å². The highest BCUT2D eigenvalue weighted by Crippen LogP contribution is 2.20. The lowest BCUT2D eigenvalue weighted by molar-refractivity contribution is -0.0765. The molecular weight excluding hydrogens is 314 g/mol. The number of aromatic nitrogens is 1. The first-order valence-electron chi connectivity index (χ1n) is 5.84. The van der Waals surface area contributed by atoms with Crippen molar-refractivity contribution in [3.8, 4) is 5.75 Å². The van der Waals surface area contributed by atoms with E-state index in [4.69, 9.17) is 14.9 Å². The molecule has 6 heteroatoms. The maximum absolute atomic E-state index is 11.2. The molecule has 0 aliphatic carbocycles. The molecule has 2 rings (SSSR count). The summed E-state index contributed by atoms with van der Waals surface area (Å²) < 4.78 is 3.64. The number of fused-ring (bicyclic) bond motifs is 1. The highest BCUT2D eigenvalue weighted by atomic mass is 79.9. The van der Waals surface area contributed by atoms with Crippen molar-refractivity contribution in [3.63, 3.8) is 0 Å². The molecule has 19 heavy (non-hydrogen) atoms. The van der Waals surface area contributed by atoms with Crippen LogP contribution in [0.2, 0.25) is 0 Å². The minimum Gasteiger partial charge on any atom is -0.494 e. The van der Waals surface area contributed by atoms with Crippen molar-refractivity contribution in [1.29, 1.82) is 0 Å². The van der Waals surface area contributed by atoms with E-state index >= 15 is 0 Å². The van der Waals surface area contributed by atoms with Gasteiger partial charge in [-0.25, -0.2) is 0 Å². The van der Waals surface area contributed by atoms with Crippen LogP contribution >= 0.6 is 15.9 Å². The molecule has 0 fully saturated rings. The third kappa shape index (κ3) is 4.34. The second kappa shape index (κ2) is 5.73. The Morgan fingerprint density at radius 2 is 2.00 bits per heavy atom. The third-order valence-electron chi connectivity index (χ3n) is 2.60. The first-order chi connectivity index (χ1) is 8.94. The fourth-order valence-electron chi connectivity index (χ4n) is 1.71. The number of hydrogen-bond acceptors (Lipinski definition) is 4. The Hall–Kier alpha value is -1.37. The van der Waals surface area contributed by atoms with Gasteiger partial charge < -0.3 is 19.9 Å². The number of halogens is 1. The van der Waals surface area contributed by atoms with Crippen LogP contribution in [0.25, 0.3) is 10.9 Å². The average molecular weight is 328 g/mol. The van der Waals surface area contributed by atoms with Crippen LogP contribution in [0.5, 0.6) is 5.75 Å². The van der Waals surface area contributed by atoms with Gasteiger partial charge in [-0.1, -0.05) is 0 Å². The standard InChI is InChI=1S/C13H14BrNO4/c14-13(17,18)6-1-7-19-10-4-2-9-3-5-12(16)15-11(9)8-10/h2-5,8,17-18H,1,6-7H2,(H,15,16). The van der Waals surface area contributed by atoms with Gasteiger partial charge in [0.25, 0.3) is 0 Å². The summed E-state index contributed by atoms with van der Waals surface area (Å²) in [6.45, 7) is 0.358. The SMILES string of the molecule is O=c1ccc2ccc(OCCCC(O)(O)Br)cc2[nH]1. The molecule has 1 heterocycles. The molecule has 0 spiro atoms. The van der Waals surface area contributed by atoms with Crippen LogP contribution < -0.4 is 10.3 Å². The van der Waals surface area contributed by atoms with E-state index in [9.17, 15) is 4.79 Å². The van der Waals surface area contributed by atoms with E-state index in [-0.39, 0.29) is 12.0 Å². The number of benzene rings is 1. The van der Waals surface area contributed by atoms with Crippen LogP contribution in [0.15, 0.2) is 35.1 Å². The van der Waals surface area contributed by atoms with Gasteiger partial charge in [0.1, 0.15) is 5.75 Å². The van der Waals surface area contributed by atoms with E-state index < -0.39 is 4.70 Å². The Balaban J connectivity index is 1.99. The maximum atomic E-state index is 11.2. The highest BCUT2D eigenvalue weighted by Gasteiger charge is 2.16. The molecule has 0 atom stereocenters. The largest absolute Gasteiger partial charge is 0.494 e. The molecule has 1 aromatic heterocycles. The summed E-state index contributed by atoms with van der Waals surface area (Å²) in [6.07, 6.45) is 0.652. The molecule has 3 N–H and O–H groups in total. The van der Waals surface area contributed by atoms with E-state index in [2.05, 4.69) is 20.9 Å². The summed E-state index contributed by atoms with van der Waals surface area (Å²) in [7, 11) is 0. The van der Waals surface area contributed by atoms with E-state index in [1.807, 2.05) is 6.07 Å². The Morgan fingerprint density at radius 3 is 2.74 bits per heavy atom. The first-order valence-corrected chi connectivity index (χ1v) is 6.63. The molecule has 0 unspecified atom stereocenters. The predicted octanol–water partition coefficient (Wildman–Crippen LogP) is 1.72. The molecule has 0 radical (unpaired) electrons. The number of alkyl halides is 1. The van der Waals surface area contributed by atoms with Crippen LogP contribution in [0, 0.1) is 0 Å². The number of pyridine rings is 1. The molecule has 0 aliphatic heterocycles. The smallest absolute Gasteiger partial charge is 0.248 e. The number of aliphatic hydroxyl groups is 2. The Bertz CT molecular complexity index is 618. The van der Waals surface area contributed by atoms with Crippen molar-refractivity contribution in [1.82, 2.24) is 4.98 Å². The second-order valence-electron chi connectivity index (χ2n) is 4.24. The lowest BCUT2D eigenvalue weighted by atomic mass is 10.2. The Kier molecular flexibility index (Phi) is 4.24. The van der Waals surface area contributed by atoms with Crippen molar-refractivity contribution >= 4 is 26.8 Å². The van der Waals surface area contributed by atoms with Gasteiger partial charge in [-0.05, 0) is 45.9 Å². The van der Waals surface area contributed by atoms with Crippen molar-refractivity contribution in [2.75, 3.05) is 6.61 Å². The summed E-state index contributed by atoms with van der Waals surface area (Å²) in [6, 6.07) is 8.62. The third-order valence-corrected chi connectivity index (χ3v) is 3.00. The monoisotopic (exact) mass is 327 g/mol. The fourth-order valence-corrected chi connectivity index (χ4v) is 1.99. The predicted molar refractivity (Wildman–Crippen MR) is 75.4 cm³/mol. The Morgan fingerprint density at radius 1 is 1.26 bits per heavy atom. The molecule has 0 amide bonds. The quantitative estimate of drug-likeness (QED) is 0.443. The van der Waals surface area contributed by atoms with Gasteiger partial charge in [-0.15, -0.1) is 0 Å². The lowest BCUT2D eigenvalue weighted by Gasteiger charge is -2.13. The zero-order chi connectivity index (χ0) is 13.9. The first kappa shape index (κ1) is 14.0. The zero-order valence-electron chi connectivity index (χ0n) is 10.1. The number of nitrogens with one attached hydrogen (secondary N) is 1. The van der Waals surface area contributed by atoms with Gasteiger partial charge in [-0.3, -0.25) is 4.79 Å². The van der Waals surface area contributed by atoms with Crippen LogP contribution in [0.1, 0.15) is 12.8 Å². The number of ether oxygens (including phenoxy) is 1. The number of H-pyrrole nitrogens is 1. The van der Waals surface area contributed by atoms with Gasteiger partial charge in [0.2, 0.25) is 10.3 Å². The van der Waals surface area contributed by atoms with E-state index in [1.165, 1.54) is 6.07 Å². The van der Waals surface area contributed by atoms with Crippen molar-refractivity contribution in [2.24, 2.45) is 0 Å². The summed E-state index contributed by atoms with van der Waals surface area (Å²) in [4.78, 5) is 13.9. The van der Waals surface area contributed by atoms with E-state index in [0.29, 0.717) is 24.3 Å². The lowest BCUT2D eigenvalue weighted by Crippen LogP contribution is -2.19. The van der Waals surface area contributed by atoms with E-state index in [0.717, 1.165) is 5.39 Å². The van der Waals surface area contributed by atoms with Crippen molar-refractivity contribution in [3.05, 3.63) is 40.7 Å². The van der Waals surface area contributed by atoms with E-state index in [1.54, 1.807) is 18.2 Å². The minimum absolute atomic E-state index is 0.158. The van der Waals surface area contributed by atoms with Crippen LogP contribution in [-0.4, -0.2) is 26.5 Å². The van der Waals surface area contributed by atoms with Gasteiger partial charge in [0, 0.05) is 18.6 Å². The maximum Gasteiger partial charge on any atom is 0.248 e. The summed E-state index contributed by atoms with van der Waals surface area (Å²) in [5.41, 5.74) is 0.554. The molecular formula is C13H14BrNO4. The topological polar surface area (TPSA) is 82.6 Å². The summed E-state index contributed by atoms with van der Waals surface area (Å²) in [5.74, 6) is 0.630. The number of rotatable bonds is 5. The fraction of sp³-hybridized carbons (Fsp3) is 0.308. The minimum atomic E-state index is -1.84. The summed E-state index contributed by atoms with van der Waals surface area (Å²) >= 11 is 2.72. The number of aromatic amines is 1. The molecule has 0 aliphatic rings. The molecule has 0 bridgehead atoms. The average Bonchev–Trinajstić information content (AvgIpc) is 2.33. The molecule has 5 nitrogen and oxygen atoms in total. The van der Waals surface area contributed by atoms with Gasteiger partial charge in [0.15, 0.2) is 0 Å². The molecule has 2 aromatic rings. The van der Waals surface area contributed by atoms with Crippen LogP contribution in [-0.2, 0) is 0 Å². The molecule has 0 saturated carbocycles. The molecule has 0 saturated heterocycles. The van der Waals surface area contributed by atoms with Crippen molar-refractivity contribution < 1.29 is 14.9 Å². The normalized spacial score (nSPS) is 11.7.